The van der Waals surface area contributed by atoms with Crippen molar-refractivity contribution in [1.29, 1.82) is 0 Å². The van der Waals surface area contributed by atoms with Gasteiger partial charge >= 0.3 is 11.9 Å². The minimum atomic E-state index is -4.14. The molecule has 0 aliphatic carbocycles. The molecular formula is C11H10F2O3. The predicted octanol–water partition coefficient (Wildman–Crippen LogP) is 1.99. The van der Waals surface area contributed by atoms with Crippen molar-refractivity contribution in [1.82, 2.24) is 0 Å². The van der Waals surface area contributed by atoms with E-state index < -0.39 is 17.7 Å². The molecule has 0 bridgehead atoms. The van der Waals surface area contributed by atoms with E-state index in [0.717, 1.165) is 7.11 Å². The number of ketones is 1. The van der Waals surface area contributed by atoms with Crippen LogP contribution in [0.25, 0.3) is 0 Å². The summed E-state index contributed by atoms with van der Waals surface area (Å²) in [6, 6.07) is 5.82. The summed E-state index contributed by atoms with van der Waals surface area (Å²) in [7, 11) is 0.807. The van der Waals surface area contributed by atoms with E-state index in [4.69, 9.17) is 0 Å². The van der Waals surface area contributed by atoms with E-state index in [1.807, 2.05) is 0 Å². The van der Waals surface area contributed by atoms with Crippen LogP contribution in [-0.2, 0) is 9.53 Å². The molecule has 1 rings (SSSR count). The third-order valence-corrected chi connectivity index (χ3v) is 2.12. The lowest BCUT2D eigenvalue weighted by atomic mass is 10.0. The van der Waals surface area contributed by atoms with Gasteiger partial charge in [-0.25, -0.2) is 4.79 Å². The Morgan fingerprint density at radius 3 is 2.31 bits per heavy atom. The zero-order valence-corrected chi connectivity index (χ0v) is 8.79. The van der Waals surface area contributed by atoms with Crippen LogP contribution in [-0.4, -0.2) is 24.8 Å². The summed E-state index contributed by atoms with van der Waals surface area (Å²) in [5, 5.41) is 0. The third kappa shape index (κ3) is 2.08. The van der Waals surface area contributed by atoms with Gasteiger partial charge in [0, 0.05) is 5.56 Å². The van der Waals surface area contributed by atoms with E-state index >= 15 is 0 Å². The summed E-state index contributed by atoms with van der Waals surface area (Å²) in [4.78, 5) is 22.2. The normalized spacial score (nSPS) is 11.0. The molecule has 0 N–H and O–H groups in total. The fraction of sp³-hybridized carbons (Fsp3) is 0.273. The van der Waals surface area contributed by atoms with Crippen molar-refractivity contribution in [3.05, 3.63) is 35.4 Å². The number of carbonyl (C=O) groups is 2. The van der Waals surface area contributed by atoms with E-state index in [1.54, 1.807) is 6.07 Å². The topological polar surface area (TPSA) is 43.4 Å². The van der Waals surface area contributed by atoms with Gasteiger partial charge in [0.25, 0.3) is 0 Å². The second-order valence-electron chi connectivity index (χ2n) is 3.21. The van der Waals surface area contributed by atoms with Gasteiger partial charge in [-0.05, 0) is 12.5 Å². The molecule has 0 aromatic heterocycles. The number of hydrogen-bond donors (Lipinski definition) is 0. The number of carbonyl (C=O) groups excluding carboxylic acids is 2. The molecule has 0 amide bonds. The van der Waals surface area contributed by atoms with Crippen molar-refractivity contribution in [3.63, 3.8) is 0 Å². The number of ether oxygens (including phenoxy) is 1. The number of aryl methyl sites for hydroxylation is 1. The number of esters is 1. The number of alkyl halides is 2. The fourth-order valence-corrected chi connectivity index (χ4v) is 1.22. The molecule has 3 nitrogen and oxygen atoms in total. The molecule has 0 aliphatic rings. The minimum absolute atomic E-state index is 0.182. The van der Waals surface area contributed by atoms with Gasteiger partial charge in [-0.15, -0.1) is 0 Å². The van der Waals surface area contributed by atoms with E-state index in [1.165, 1.54) is 25.1 Å². The Kier molecular flexibility index (Phi) is 3.37. The Hall–Kier alpha value is -1.78. The Morgan fingerprint density at radius 2 is 1.81 bits per heavy atom. The largest absolute Gasteiger partial charge is 0.464 e. The molecule has 0 atom stereocenters. The van der Waals surface area contributed by atoms with Crippen molar-refractivity contribution < 1.29 is 23.1 Å². The monoisotopic (exact) mass is 228 g/mol. The van der Waals surface area contributed by atoms with Crippen LogP contribution in [0.15, 0.2) is 24.3 Å². The van der Waals surface area contributed by atoms with Crippen LogP contribution in [0, 0.1) is 6.92 Å². The van der Waals surface area contributed by atoms with E-state index in [2.05, 4.69) is 4.74 Å². The van der Waals surface area contributed by atoms with E-state index in [0.29, 0.717) is 5.56 Å². The van der Waals surface area contributed by atoms with Gasteiger partial charge in [0.1, 0.15) is 0 Å². The van der Waals surface area contributed by atoms with Crippen molar-refractivity contribution >= 4 is 11.8 Å². The lowest BCUT2D eigenvalue weighted by molar-refractivity contribution is -0.161. The maximum absolute atomic E-state index is 13.3. The highest BCUT2D eigenvalue weighted by Gasteiger charge is 2.49. The second kappa shape index (κ2) is 4.38. The van der Waals surface area contributed by atoms with Gasteiger partial charge < -0.3 is 4.74 Å². The molecule has 0 saturated carbocycles. The van der Waals surface area contributed by atoms with Crippen LogP contribution < -0.4 is 0 Å². The van der Waals surface area contributed by atoms with Crippen LogP contribution in [0.3, 0.4) is 0 Å². The first-order chi connectivity index (χ1) is 7.41. The molecule has 1 aromatic rings. The SMILES string of the molecule is COC(=O)C(F)(F)C(=O)c1ccccc1C. The predicted molar refractivity (Wildman–Crippen MR) is 52.5 cm³/mol. The van der Waals surface area contributed by atoms with Gasteiger partial charge in [-0.2, -0.15) is 8.78 Å². The lowest BCUT2D eigenvalue weighted by Gasteiger charge is -2.13. The Balaban J connectivity index is 3.12. The number of halogens is 2. The maximum atomic E-state index is 13.3. The molecule has 0 heterocycles. The Bertz CT molecular complexity index is 427. The summed E-state index contributed by atoms with van der Waals surface area (Å²) in [6.07, 6.45) is 0. The molecule has 0 fully saturated rings. The molecule has 86 valence electrons. The van der Waals surface area contributed by atoms with Crippen LogP contribution in [0.4, 0.5) is 8.78 Å². The van der Waals surface area contributed by atoms with Crippen molar-refractivity contribution in [3.8, 4) is 0 Å². The maximum Gasteiger partial charge on any atom is 0.404 e. The smallest absolute Gasteiger partial charge is 0.404 e. The van der Waals surface area contributed by atoms with Gasteiger partial charge in [0.15, 0.2) is 0 Å². The summed E-state index contributed by atoms with van der Waals surface area (Å²) >= 11 is 0. The third-order valence-electron chi connectivity index (χ3n) is 2.12. The second-order valence-corrected chi connectivity index (χ2v) is 3.21. The lowest BCUT2D eigenvalue weighted by Crippen LogP contribution is -2.39. The molecule has 0 radical (unpaired) electrons. The van der Waals surface area contributed by atoms with Gasteiger partial charge in [0.05, 0.1) is 7.11 Å². The van der Waals surface area contributed by atoms with Gasteiger partial charge in [0.2, 0.25) is 5.78 Å². The Labute approximate surface area is 91.0 Å². The number of rotatable bonds is 3. The average Bonchev–Trinajstić information content (AvgIpc) is 2.27. The zero-order valence-electron chi connectivity index (χ0n) is 8.79. The number of Topliss-reactive ketones (excluding diaryl/α,β-unsaturated/α-hetero) is 1. The van der Waals surface area contributed by atoms with Crippen molar-refractivity contribution in [2.45, 2.75) is 12.8 Å². The van der Waals surface area contributed by atoms with Crippen LogP contribution in [0.1, 0.15) is 15.9 Å². The molecule has 0 saturated heterocycles. The summed E-state index contributed by atoms with van der Waals surface area (Å²) in [5.74, 6) is -7.53. The first kappa shape index (κ1) is 12.3. The van der Waals surface area contributed by atoms with Crippen LogP contribution in [0.5, 0.6) is 0 Å². The molecule has 0 aliphatic heterocycles. The number of hydrogen-bond acceptors (Lipinski definition) is 3. The van der Waals surface area contributed by atoms with Crippen molar-refractivity contribution in [2.75, 3.05) is 7.11 Å². The first-order valence-electron chi connectivity index (χ1n) is 4.48. The molecule has 5 heteroatoms. The molecule has 1 aromatic carbocycles. The molecule has 16 heavy (non-hydrogen) atoms. The van der Waals surface area contributed by atoms with Crippen LogP contribution >= 0.6 is 0 Å². The molecule has 0 unspecified atom stereocenters. The number of methoxy groups -OCH3 is 1. The number of benzene rings is 1. The highest BCUT2D eigenvalue weighted by molar-refractivity contribution is 6.14. The van der Waals surface area contributed by atoms with E-state index in [-0.39, 0.29) is 5.56 Å². The van der Waals surface area contributed by atoms with E-state index in [9.17, 15) is 18.4 Å². The Morgan fingerprint density at radius 1 is 1.25 bits per heavy atom. The quantitative estimate of drug-likeness (QED) is 0.451. The highest BCUT2D eigenvalue weighted by Crippen LogP contribution is 2.23. The summed E-state index contributed by atoms with van der Waals surface area (Å²) in [5.41, 5.74) is 0.203. The summed E-state index contributed by atoms with van der Waals surface area (Å²) in [6.45, 7) is 1.51. The van der Waals surface area contributed by atoms with Gasteiger partial charge in [-0.3, -0.25) is 4.79 Å². The zero-order chi connectivity index (χ0) is 12.3. The molecular weight excluding hydrogens is 218 g/mol. The first-order valence-corrected chi connectivity index (χ1v) is 4.48. The average molecular weight is 228 g/mol. The fourth-order valence-electron chi connectivity index (χ4n) is 1.22. The minimum Gasteiger partial charge on any atom is -0.464 e. The molecule has 0 spiro atoms. The summed E-state index contributed by atoms with van der Waals surface area (Å²) < 4.78 is 30.4. The van der Waals surface area contributed by atoms with Crippen molar-refractivity contribution in [2.24, 2.45) is 0 Å². The van der Waals surface area contributed by atoms with Crippen LogP contribution in [0.2, 0.25) is 0 Å². The van der Waals surface area contributed by atoms with Gasteiger partial charge in [-0.1, -0.05) is 24.3 Å². The highest BCUT2D eigenvalue weighted by atomic mass is 19.3. The standard InChI is InChI=1S/C11H10F2O3/c1-7-5-3-4-6-8(7)9(14)11(12,13)10(15)16-2/h3-6H,1-2H3.